The van der Waals surface area contributed by atoms with Crippen LogP contribution in [0.3, 0.4) is 0 Å². The van der Waals surface area contributed by atoms with Gasteiger partial charge < -0.3 is 48.2 Å². The first-order valence-electron chi connectivity index (χ1n) is 32.0. The van der Waals surface area contributed by atoms with E-state index in [1.165, 1.54) is 146 Å². The van der Waals surface area contributed by atoms with Crippen molar-refractivity contribution in [2.45, 2.75) is 247 Å². The molecule has 0 amide bonds. The zero-order valence-corrected chi connectivity index (χ0v) is 60.4. The van der Waals surface area contributed by atoms with E-state index in [9.17, 15) is 24.3 Å². The maximum absolute atomic E-state index is 11.0. The predicted octanol–water partition coefficient (Wildman–Crippen LogP) is 15.1. The van der Waals surface area contributed by atoms with E-state index in [2.05, 4.69) is 80.3 Å². The summed E-state index contributed by atoms with van der Waals surface area (Å²) in [5, 5.41) is 10.9. The number of halogens is 1. The topological polar surface area (TPSA) is 160 Å². The molecule has 524 valence electrons. The molecule has 1 N–H and O–H groups in total. The number of carbonyl (C=O) groups is 4. The van der Waals surface area contributed by atoms with Crippen LogP contribution in [0.1, 0.15) is 209 Å². The predicted molar refractivity (Wildman–Crippen MR) is 394 cm³/mol. The average Bonchev–Trinajstić information content (AvgIpc) is 1.65. The summed E-state index contributed by atoms with van der Waals surface area (Å²) in [7, 11) is 0. The van der Waals surface area contributed by atoms with E-state index < -0.39 is 5.60 Å². The van der Waals surface area contributed by atoms with E-state index in [0.717, 1.165) is 128 Å². The van der Waals surface area contributed by atoms with E-state index in [4.69, 9.17) is 28.4 Å². The van der Waals surface area contributed by atoms with Crippen LogP contribution in [0.4, 0.5) is 0 Å². The summed E-state index contributed by atoms with van der Waals surface area (Å²) in [5.41, 5.74) is 0.815. The number of rotatable bonds is 21. The number of nitrogens with zero attached hydrogens (tertiary/aromatic N) is 4. The molecule has 0 aromatic rings. The fourth-order valence-corrected chi connectivity index (χ4v) is 15.5. The van der Waals surface area contributed by atoms with Crippen molar-refractivity contribution in [3.05, 3.63) is 12.8 Å². The fourth-order valence-electron chi connectivity index (χ4n) is 12.0. The lowest BCUT2D eigenvalue weighted by molar-refractivity contribution is -0.133. The molecule has 8 bridgehead atoms. The van der Waals surface area contributed by atoms with Crippen molar-refractivity contribution in [2.75, 3.05) is 123 Å². The highest BCUT2D eigenvalue weighted by molar-refractivity contribution is 14.0. The van der Waals surface area contributed by atoms with E-state index in [1.807, 2.05) is 25.6 Å². The number of carbonyl (C=O) groups excluding carboxylic acids is 4. The molecule has 14 saturated heterocycles. The summed E-state index contributed by atoms with van der Waals surface area (Å²) in [5.74, 6) is 5.25. The number of piperidine rings is 12. The minimum Gasteiger partial charge on any atom is -0.502 e. The van der Waals surface area contributed by atoms with Crippen LogP contribution in [0.15, 0.2) is 12.8 Å². The Hall–Kier alpha value is 0.300. The zero-order valence-electron chi connectivity index (χ0n) is 54.0. The number of hydrogen-bond donors (Lipinski definition) is 2. The van der Waals surface area contributed by atoms with Gasteiger partial charge in [0.25, 0.3) is 0 Å². The highest BCUT2D eigenvalue weighted by Gasteiger charge is 2.56. The lowest BCUT2D eigenvalue weighted by atomic mass is 9.76. The van der Waals surface area contributed by atoms with Gasteiger partial charge in [-0.3, -0.25) is 24.1 Å². The molecule has 7 atom stereocenters. The number of Topliss-reactive ketones (excluding diaryl/α,β-unsaturated/α-hetero) is 1. The molecular weight excluding hydrogens is 1320 g/mol. The number of aliphatic hydroxyl groups is 1. The van der Waals surface area contributed by atoms with Gasteiger partial charge in [-0.2, -0.15) is 0 Å². The molecular formula is C67H133IN4O11S5. The Balaban J connectivity index is -0.000000953. The van der Waals surface area contributed by atoms with Gasteiger partial charge in [-0.05, 0) is 175 Å². The highest BCUT2D eigenvalue weighted by atomic mass is 127. The van der Waals surface area contributed by atoms with Crippen molar-refractivity contribution in [1.29, 1.82) is 0 Å². The molecule has 15 nitrogen and oxygen atoms in total. The number of fused-ring (bicyclic) bond motifs is 10. The van der Waals surface area contributed by atoms with Crippen molar-refractivity contribution in [1.82, 2.24) is 19.6 Å². The molecule has 2 spiro atoms. The van der Waals surface area contributed by atoms with Gasteiger partial charge >= 0.3 is 0 Å². The SMILES string of the molecule is C.C.C.C.C1CN2CCC1C1(CO1)C2.C=COCCCC.CC(=O)S.CC1OC2(CS1)CN1CCC2CC1.CCCCOC(C)SC(C)=O.CCCCOC(C)SC(C)=O.CCCCOC(C)SCC1(O)CN2CCC1CC2.I.O=C1CN2CCC1CC2. The molecule has 14 aliphatic rings. The van der Waals surface area contributed by atoms with E-state index >= 15 is 0 Å². The van der Waals surface area contributed by atoms with Crippen molar-refractivity contribution < 1.29 is 52.7 Å². The normalized spacial score (nSPS) is 30.6. The highest BCUT2D eigenvalue weighted by Crippen LogP contribution is 2.47. The first-order valence-corrected chi connectivity index (χ1v) is 36.3. The first kappa shape index (κ1) is 92.5. The van der Waals surface area contributed by atoms with Gasteiger partial charge in [-0.25, -0.2) is 0 Å². The van der Waals surface area contributed by atoms with Gasteiger partial charge in [0.15, 0.2) is 15.3 Å². The van der Waals surface area contributed by atoms with E-state index in [1.54, 1.807) is 25.6 Å². The molecule has 14 fully saturated rings. The molecule has 0 radical (unpaired) electrons. The van der Waals surface area contributed by atoms with Gasteiger partial charge in [-0.15, -0.1) is 60.1 Å². The Kier molecular flexibility index (Phi) is 54.2. The summed E-state index contributed by atoms with van der Waals surface area (Å²) >= 11 is 9.58. The van der Waals surface area contributed by atoms with E-state index in [0.29, 0.717) is 28.7 Å². The van der Waals surface area contributed by atoms with Gasteiger partial charge in [0.2, 0.25) is 0 Å². The second-order valence-corrected chi connectivity index (χ2v) is 30.2. The standard InChI is InChI=1S/C14H27NO2S.C10H17NOS.C8H13NO.2C8H16O2S.C7H11NO.C6H12O.C2H4OS.4CH4.HI/c1-3-4-9-17-12(2)18-11-14(16)10-15-7-5-13(14)6-8-15;1-8-12-10(7-13-8)6-11-4-2-9(10)3-5-11;1-3-9-4-2-7(1)8(5-9)6-10-8;2*1-4-5-6-10-8(3)11-7(2)9;9-7-5-8-3-1-6(7)2-4-8;1-3-5-6-7-4-2;1-2(3)4;;;;;/h12-13,16H,3-11H2,1-2H3;8-9H,2-7H2,1H3;7H,1-6H2;2*8H,4-6H2,1-3H3;6H,1-5H2;4H,2-3,5-6H2,1H3;1H3,(H,3,4);4*1H4;1H. The van der Waals surface area contributed by atoms with Crippen LogP contribution in [0, 0.1) is 23.7 Å². The van der Waals surface area contributed by atoms with Crippen LogP contribution in [0.5, 0.6) is 0 Å². The smallest absolute Gasteiger partial charge is 0.188 e. The molecule has 0 aromatic carbocycles. The molecule has 0 saturated carbocycles. The number of epoxide rings is 1. The number of unbranched alkanes of at least 4 members (excludes halogenated alkanes) is 4. The Morgan fingerprint density at radius 2 is 1.02 bits per heavy atom. The monoisotopic (exact) mass is 1460 g/mol. The second-order valence-electron chi connectivity index (χ2n) is 24.0. The molecule has 88 heavy (non-hydrogen) atoms. The summed E-state index contributed by atoms with van der Waals surface area (Å²) in [6, 6.07) is 0. The maximum Gasteiger partial charge on any atom is 0.188 e. The summed E-state index contributed by atoms with van der Waals surface area (Å²) in [6.07, 6.45) is 20.6. The van der Waals surface area contributed by atoms with E-state index in [-0.39, 0.29) is 90.9 Å². The molecule has 14 rings (SSSR count). The third-order valence-electron chi connectivity index (χ3n) is 16.9. The van der Waals surface area contributed by atoms with Crippen LogP contribution >= 0.6 is 83.7 Å². The minimum atomic E-state index is -0.469. The van der Waals surface area contributed by atoms with Gasteiger partial charge in [-0.1, -0.05) is 113 Å². The van der Waals surface area contributed by atoms with Gasteiger partial charge in [0.05, 0.1) is 37.2 Å². The Morgan fingerprint density at radius 1 is 0.648 bits per heavy atom. The summed E-state index contributed by atoms with van der Waals surface area (Å²) in [4.78, 5) is 51.3. The Morgan fingerprint density at radius 3 is 1.30 bits per heavy atom. The third-order valence-corrected chi connectivity index (χ3v) is 21.0. The zero-order chi connectivity index (χ0) is 61.3. The fraction of sp³-hybridized carbons (Fsp3) is 0.910. The van der Waals surface area contributed by atoms with Crippen molar-refractivity contribution in [2.24, 2.45) is 23.7 Å². The molecule has 0 aromatic heterocycles. The average molecular weight is 1460 g/mol. The molecule has 14 aliphatic heterocycles. The summed E-state index contributed by atoms with van der Waals surface area (Å²) < 4.78 is 32.9. The van der Waals surface area contributed by atoms with Crippen molar-refractivity contribution in [3.63, 3.8) is 0 Å². The van der Waals surface area contributed by atoms with Crippen molar-refractivity contribution >= 4 is 105 Å². The number of thioether (sulfide) groups is 4. The summed E-state index contributed by atoms with van der Waals surface area (Å²) in [6.45, 7) is 42.8. The number of thiol groups is 1. The quantitative estimate of drug-likeness (QED) is 0.0279. The lowest BCUT2D eigenvalue weighted by Gasteiger charge is -2.50. The second kappa shape index (κ2) is 51.6. The molecule has 14 heterocycles. The number of ketones is 1. The largest absolute Gasteiger partial charge is 0.502 e. The minimum absolute atomic E-state index is 0. The first-order chi connectivity index (χ1) is 39.6. The van der Waals surface area contributed by atoms with Crippen LogP contribution in [-0.4, -0.2) is 207 Å². The third kappa shape index (κ3) is 37.0. The maximum atomic E-state index is 11.0. The van der Waals surface area contributed by atoms with Crippen LogP contribution in [-0.2, 0) is 47.6 Å². The Labute approximate surface area is 579 Å². The van der Waals surface area contributed by atoms with Crippen LogP contribution < -0.4 is 0 Å². The van der Waals surface area contributed by atoms with Crippen LogP contribution in [0.2, 0.25) is 0 Å². The number of hydrogen-bond acceptors (Lipinski definition) is 19. The lowest BCUT2D eigenvalue weighted by Crippen LogP contribution is -2.60. The Bertz CT molecular complexity index is 1770. The molecule has 7 unspecified atom stereocenters. The molecule has 0 aliphatic carbocycles. The van der Waals surface area contributed by atoms with Crippen molar-refractivity contribution in [3.8, 4) is 0 Å². The number of ether oxygens (including phenoxy) is 6. The van der Waals surface area contributed by atoms with Gasteiger partial charge in [0, 0.05) is 77.6 Å². The molecule has 21 heteroatoms. The van der Waals surface area contributed by atoms with Crippen LogP contribution in [0.25, 0.3) is 0 Å². The van der Waals surface area contributed by atoms with Gasteiger partial charge in [0.1, 0.15) is 33.1 Å².